The number of ether oxygens (including phenoxy) is 1. The second kappa shape index (κ2) is 4.11. The quantitative estimate of drug-likeness (QED) is 0.381. The van der Waals surface area contributed by atoms with Crippen LogP contribution in [0.25, 0.3) is 0 Å². The third-order valence-corrected chi connectivity index (χ3v) is 0.878. The molecule has 0 aliphatic heterocycles. The van der Waals surface area contributed by atoms with Gasteiger partial charge in [0, 0.05) is 0 Å². The van der Waals surface area contributed by atoms with E-state index in [0.717, 1.165) is 6.08 Å². The van der Waals surface area contributed by atoms with Crippen molar-refractivity contribution in [3.63, 3.8) is 0 Å². The predicted molar refractivity (Wildman–Crippen MR) is 40.3 cm³/mol. The van der Waals surface area contributed by atoms with Gasteiger partial charge >= 0.3 is 6.36 Å². The Labute approximate surface area is 73.0 Å². The summed E-state index contributed by atoms with van der Waals surface area (Å²) in [6, 6.07) is 0. The van der Waals surface area contributed by atoms with E-state index in [4.69, 9.17) is 0 Å². The molecule has 0 amide bonds. The van der Waals surface area contributed by atoms with E-state index in [0.29, 0.717) is 0 Å². The van der Waals surface area contributed by atoms with Crippen LogP contribution in [0.1, 0.15) is 6.92 Å². The lowest BCUT2D eigenvalue weighted by Gasteiger charge is -2.09. The molecule has 0 N–H and O–H groups in total. The first-order valence-electron chi connectivity index (χ1n) is 3.20. The Balaban J connectivity index is 4.37. The number of rotatable bonds is 3. The van der Waals surface area contributed by atoms with Crippen LogP contribution in [-0.2, 0) is 4.74 Å². The third-order valence-electron chi connectivity index (χ3n) is 0.878. The van der Waals surface area contributed by atoms with Crippen molar-refractivity contribution in [1.29, 1.82) is 0 Å². The second-order valence-electron chi connectivity index (χ2n) is 2.31. The van der Waals surface area contributed by atoms with Crippen molar-refractivity contribution in [3.05, 3.63) is 36.4 Å². The van der Waals surface area contributed by atoms with Crippen LogP contribution in [0.3, 0.4) is 0 Å². The van der Waals surface area contributed by atoms with Crippen molar-refractivity contribution in [3.8, 4) is 0 Å². The van der Waals surface area contributed by atoms with Crippen LogP contribution in [0.2, 0.25) is 0 Å². The molecule has 5 heteroatoms. The Morgan fingerprint density at radius 3 is 2.08 bits per heavy atom. The van der Waals surface area contributed by atoms with Crippen LogP contribution in [0, 0.1) is 0 Å². The van der Waals surface area contributed by atoms with Crippen molar-refractivity contribution in [2.45, 2.75) is 13.3 Å². The van der Waals surface area contributed by atoms with Crippen molar-refractivity contribution in [2.75, 3.05) is 0 Å². The molecule has 0 radical (unpaired) electrons. The normalized spacial score (nSPS) is 12.5. The zero-order valence-corrected chi connectivity index (χ0v) is 6.91. The fraction of sp³-hybridized carbons (Fsp3) is 0.250. The average molecular weight is 196 g/mol. The molecular formula is C8H8F4O. The van der Waals surface area contributed by atoms with Crippen molar-refractivity contribution < 1.29 is 22.3 Å². The lowest BCUT2D eigenvalue weighted by Crippen LogP contribution is -2.12. The highest BCUT2D eigenvalue weighted by molar-refractivity contribution is 5.25. The van der Waals surface area contributed by atoms with E-state index in [1.807, 2.05) is 0 Å². The Bertz CT molecular complexity index is 249. The number of hydrogen-bond donors (Lipinski definition) is 0. The minimum Gasteiger partial charge on any atom is -0.403 e. The maximum atomic E-state index is 12.7. The standard InChI is InChI=1S/C8H8F4O/c1-5(2)4-7(9)6(3)13-8(10,11)12/h4H,1,3H2,2H3/b7-4+. The fourth-order valence-electron chi connectivity index (χ4n) is 0.485. The van der Waals surface area contributed by atoms with Crippen LogP contribution in [-0.4, -0.2) is 6.36 Å². The molecule has 0 heterocycles. The molecule has 0 saturated carbocycles. The van der Waals surface area contributed by atoms with E-state index in [9.17, 15) is 17.6 Å². The third kappa shape index (κ3) is 5.95. The van der Waals surface area contributed by atoms with Gasteiger partial charge in [-0.15, -0.1) is 13.2 Å². The van der Waals surface area contributed by atoms with Gasteiger partial charge in [0.25, 0.3) is 0 Å². The van der Waals surface area contributed by atoms with E-state index in [2.05, 4.69) is 17.9 Å². The lowest BCUT2D eigenvalue weighted by molar-refractivity contribution is -0.304. The number of hydrogen-bond acceptors (Lipinski definition) is 1. The number of halogens is 4. The van der Waals surface area contributed by atoms with Gasteiger partial charge in [-0.05, 0) is 13.0 Å². The summed E-state index contributed by atoms with van der Waals surface area (Å²) in [5.74, 6) is -2.26. The Morgan fingerprint density at radius 2 is 1.77 bits per heavy atom. The molecule has 0 fully saturated rings. The molecule has 13 heavy (non-hydrogen) atoms. The molecule has 0 rings (SSSR count). The Hall–Kier alpha value is -1.26. The van der Waals surface area contributed by atoms with Crippen molar-refractivity contribution >= 4 is 0 Å². The van der Waals surface area contributed by atoms with Crippen molar-refractivity contribution in [2.24, 2.45) is 0 Å². The molecule has 74 valence electrons. The Kier molecular flexibility index (Phi) is 3.71. The molecule has 0 aliphatic rings. The van der Waals surface area contributed by atoms with Gasteiger partial charge in [-0.25, -0.2) is 4.39 Å². The molecule has 0 aliphatic carbocycles. The first-order chi connectivity index (χ1) is 5.72. The summed E-state index contributed by atoms with van der Waals surface area (Å²) in [6.45, 7) is 7.48. The van der Waals surface area contributed by atoms with Crippen molar-refractivity contribution in [1.82, 2.24) is 0 Å². The number of alkyl halides is 3. The van der Waals surface area contributed by atoms with E-state index in [-0.39, 0.29) is 5.57 Å². The molecule has 0 unspecified atom stereocenters. The summed E-state index contributed by atoms with van der Waals surface area (Å²) in [7, 11) is 0. The molecule has 0 aromatic rings. The monoisotopic (exact) mass is 196 g/mol. The van der Waals surface area contributed by atoms with Gasteiger partial charge in [-0.1, -0.05) is 18.7 Å². The van der Waals surface area contributed by atoms with Crippen LogP contribution in [0.4, 0.5) is 17.6 Å². The maximum absolute atomic E-state index is 12.7. The fourth-order valence-corrected chi connectivity index (χ4v) is 0.485. The molecule has 0 atom stereocenters. The van der Waals surface area contributed by atoms with Gasteiger partial charge in [-0.3, -0.25) is 0 Å². The molecular weight excluding hydrogens is 188 g/mol. The molecule has 0 aromatic carbocycles. The first kappa shape index (κ1) is 11.7. The van der Waals surface area contributed by atoms with E-state index < -0.39 is 17.9 Å². The highest BCUT2D eigenvalue weighted by atomic mass is 19.4. The summed E-state index contributed by atoms with van der Waals surface area (Å²) >= 11 is 0. The maximum Gasteiger partial charge on any atom is 0.573 e. The average Bonchev–Trinajstić information content (AvgIpc) is 1.81. The van der Waals surface area contributed by atoms with Gasteiger partial charge in [0.15, 0.2) is 11.6 Å². The van der Waals surface area contributed by atoms with Gasteiger partial charge in [-0.2, -0.15) is 0 Å². The summed E-state index contributed by atoms with van der Waals surface area (Å²) in [5.41, 5.74) is 0.268. The molecule has 1 nitrogen and oxygen atoms in total. The zero-order chi connectivity index (χ0) is 10.6. The zero-order valence-electron chi connectivity index (χ0n) is 6.91. The summed E-state index contributed by atoms with van der Waals surface area (Å²) < 4.78 is 50.4. The van der Waals surface area contributed by atoms with Gasteiger partial charge in [0.05, 0.1) is 0 Å². The largest absolute Gasteiger partial charge is 0.573 e. The predicted octanol–water partition coefficient (Wildman–Crippen LogP) is 3.47. The minimum atomic E-state index is -4.92. The summed E-state index contributed by atoms with van der Waals surface area (Å²) in [6.07, 6.45) is -4.12. The molecule has 0 saturated heterocycles. The van der Waals surface area contributed by atoms with Gasteiger partial charge in [0.1, 0.15) is 0 Å². The lowest BCUT2D eigenvalue weighted by atomic mass is 10.3. The first-order valence-corrected chi connectivity index (χ1v) is 3.20. The van der Waals surface area contributed by atoms with E-state index in [1.165, 1.54) is 6.92 Å². The molecule has 0 bridgehead atoms. The minimum absolute atomic E-state index is 0.268. The summed E-state index contributed by atoms with van der Waals surface area (Å²) in [5, 5.41) is 0. The van der Waals surface area contributed by atoms with Crippen LogP contribution < -0.4 is 0 Å². The van der Waals surface area contributed by atoms with Crippen LogP contribution >= 0.6 is 0 Å². The smallest absolute Gasteiger partial charge is 0.403 e. The SMILES string of the molecule is C=C(C)/C=C(/F)C(=C)OC(F)(F)F. The van der Waals surface area contributed by atoms with Crippen LogP contribution in [0.15, 0.2) is 36.4 Å². The highest BCUT2D eigenvalue weighted by Gasteiger charge is 2.32. The number of allylic oxidation sites excluding steroid dienone is 3. The summed E-state index contributed by atoms with van der Waals surface area (Å²) in [4.78, 5) is 0. The van der Waals surface area contributed by atoms with E-state index in [1.54, 1.807) is 0 Å². The van der Waals surface area contributed by atoms with Gasteiger partial charge in [0.2, 0.25) is 0 Å². The van der Waals surface area contributed by atoms with E-state index >= 15 is 0 Å². The molecule has 0 spiro atoms. The van der Waals surface area contributed by atoms with Gasteiger partial charge < -0.3 is 4.74 Å². The highest BCUT2D eigenvalue weighted by Crippen LogP contribution is 2.24. The topological polar surface area (TPSA) is 9.23 Å². The second-order valence-corrected chi connectivity index (χ2v) is 2.31. The Morgan fingerprint density at radius 1 is 1.31 bits per heavy atom. The molecule has 0 aromatic heterocycles. The van der Waals surface area contributed by atoms with Crippen LogP contribution in [0.5, 0.6) is 0 Å².